The monoisotopic (exact) mass is 353 g/mol. The molecule has 1 saturated heterocycles. The molecule has 2 aliphatic heterocycles. The molecule has 6 heteroatoms. The Morgan fingerprint density at radius 1 is 1.38 bits per heavy atom. The largest absolute Gasteiger partial charge is 0.361 e. The summed E-state index contributed by atoms with van der Waals surface area (Å²) in [6, 6.07) is 7.67. The van der Waals surface area contributed by atoms with E-state index in [0.717, 1.165) is 24.1 Å². The van der Waals surface area contributed by atoms with Gasteiger partial charge >= 0.3 is 0 Å². The molecule has 0 aliphatic carbocycles. The molecule has 4 rings (SSSR count). The number of benzene rings is 1. The Hall–Kier alpha value is -2.63. The van der Waals surface area contributed by atoms with Crippen LogP contribution in [0.4, 0.5) is 5.69 Å². The summed E-state index contributed by atoms with van der Waals surface area (Å²) >= 11 is 0. The van der Waals surface area contributed by atoms with E-state index in [1.807, 2.05) is 29.2 Å². The zero-order valence-corrected chi connectivity index (χ0v) is 15.3. The molecule has 1 fully saturated rings. The summed E-state index contributed by atoms with van der Waals surface area (Å²) in [4.78, 5) is 28.2. The molecule has 3 heterocycles. The molecule has 6 nitrogen and oxygen atoms in total. The number of hydrogen-bond acceptors (Lipinski definition) is 4. The number of aryl methyl sites for hydroxylation is 2. The minimum absolute atomic E-state index is 0.00575. The van der Waals surface area contributed by atoms with Crippen LogP contribution in [-0.4, -0.2) is 34.5 Å². The number of carbonyl (C=O) groups is 2. The van der Waals surface area contributed by atoms with Crippen molar-refractivity contribution in [1.29, 1.82) is 0 Å². The zero-order chi connectivity index (χ0) is 18.5. The first-order valence-corrected chi connectivity index (χ1v) is 9.15. The number of para-hydroxylation sites is 1. The summed E-state index contributed by atoms with van der Waals surface area (Å²) in [5.41, 5.74) is 2.33. The number of hydrogen-bond donors (Lipinski definition) is 1. The van der Waals surface area contributed by atoms with E-state index in [-0.39, 0.29) is 17.9 Å². The molecule has 1 N–H and O–H groups in total. The van der Waals surface area contributed by atoms with Crippen LogP contribution in [0.1, 0.15) is 53.6 Å². The Bertz CT molecular complexity index is 869. The van der Waals surface area contributed by atoms with Crippen LogP contribution in [0.3, 0.4) is 0 Å². The fourth-order valence-corrected chi connectivity index (χ4v) is 4.65. The van der Waals surface area contributed by atoms with Crippen molar-refractivity contribution < 1.29 is 14.1 Å². The summed E-state index contributed by atoms with van der Waals surface area (Å²) in [6.07, 6.45) is 2.31. The minimum Gasteiger partial charge on any atom is -0.361 e. The van der Waals surface area contributed by atoms with Gasteiger partial charge in [-0.1, -0.05) is 36.7 Å². The number of aromatic nitrogens is 1. The fourth-order valence-electron chi connectivity index (χ4n) is 4.65. The molecule has 0 bridgehead atoms. The predicted molar refractivity (Wildman–Crippen MR) is 97.1 cm³/mol. The van der Waals surface area contributed by atoms with E-state index in [4.69, 9.17) is 4.52 Å². The van der Waals surface area contributed by atoms with Gasteiger partial charge in [0.15, 0.2) is 0 Å². The van der Waals surface area contributed by atoms with Gasteiger partial charge in [-0.15, -0.1) is 0 Å². The Kier molecular flexibility index (Phi) is 3.86. The Labute approximate surface area is 152 Å². The number of anilines is 1. The van der Waals surface area contributed by atoms with Gasteiger partial charge in [-0.25, -0.2) is 0 Å². The molecule has 26 heavy (non-hydrogen) atoms. The highest BCUT2D eigenvalue weighted by atomic mass is 16.5. The fraction of sp³-hybridized carbons (Fsp3) is 0.450. The van der Waals surface area contributed by atoms with Gasteiger partial charge in [0, 0.05) is 12.2 Å². The third kappa shape index (κ3) is 2.14. The quantitative estimate of drug-likeness (QED) is 0.919. The lowest BCUT2D eigenvalue weighted by atomic mass is 9.73. The van der Waals surface area contributed by atoms with Crippen molar-refractivity contribution in [3.05, 3.63) is 46.8 Å². The summed E-state index contributed by atoms with van der Waals surface area (Å²) in [5.74, 6) is 0.444. The maximum absolute atomic E-state index is 13.3. The van der Waals surface area contributed by atoms with Crippen molar-refractivity contribution in [2.45, 2.75) is 51.5 Å². The number of rotatable bonds is 3. The molecule has 1 spiro atoms. The molecule has 2 aromatic rings. The second-order valence-corrected chi connectivity index (χ2v) is 7.22. The van der Waals surface area contributed by atoms with Gasteiger partial charge in [-0.2, -0.15) is 0 Å². The van der Waals surface area contributed by atoms with Gasteiger partial charge in [0.1, 0.15) is 11.3 Å². The lowest BCUT2D eigenvalue weighted by molar-refractivity contribution is -0.121. The Morgan fingerprint density at radius 3 is 2.85 bits per heavy atom. The van der Waals surface area contributed by atoms with Gasteiger partial charge < -0.3 is 14.7 Å². The van der Waals surface area contributed by atoms with Crippen molar-refractivity contribution in [2.75, 3.05) is 11.9 Å². The van der Waals surface area contributed by atoms with Crippen LogP contribution in [0.5, 0.6) is 0 Å². The first kappa shape index (κ1) is 16.8. The first-order chi connectivity index (χ1) is 12.5. The van der Waals surface area contributed by atoms with Crippen molar-refractivity contribution >= 4 is 17.5 Å². The van der Waals surface area contributed by atoms with E-state index in [9.17, 15) is 9.59 Å². The number of likely N-dealkylation sites (tertiary alicyclic amines) is 1. The normalized spacial score (nSPS) is 24.2. The Balaban J connectivity index is 1.79. The van der Waals surface area contributed by atoms with Crippen molar-refractivity contribution in [3.8, 4) is 0 Å². The van der Waals surface area contributed by atoms with Crippen LogP contribution in [-0.2, 0) is 10.2 Å². The molecule has 2 aliphatic rings. The topological polar surface area (TPSA) is 75.4 Å². The second kappa shape index (κ2) is 5.97. The summed E-state index contributed by atoms with van der Waals surface area (Å²) in [7, 11) is 0. The van der Waals surface area contributed by atoms with Crippen LogP contribution in [0.15, 0.2) is 28.8 Å². The summed E-state index contributed by atoms with van der Waals surface area (Å²) in [6.45, 7) is 6.17. The maximum atomic E-state index is 13.3. The van der Waals surface area contributed by atoms with E-state index in [0.29, 0.717) is 30.0 Å². The molecule has 0 saturated carbocycles. The van der Waals surface area contributed by atoms with E-state index in [2.05, 4.69) is 17.4 Å². The molecule has 2 amide bonds. The molecule has 136 valence electrons. The molecule has 0 radical (unpaired) electrons. The van der Waals surface area contributed by atoms with Gasteiger partial charge in [-0.3, -0.25) is 9.59 Å². The van der Waals surface area contributed by atoms with Crippen molar-refractivity contribution in [1.82, 2.24) is 10.1 Å². The number of nitrogens with zero attached hydrogens (tertiary/aromatic N) is 2. The highest BCUT2D eigenvalue weighted by molar-refractivity contribution is 6.08. The zero-order valence-electron chi connectivity index (χ0n) is 15.3. The van der Waals surface area contributed by atoms with Gasteiger partial charge in [0.2, 0.25) is 5.91 Å². The maximum Gasteiger partial charge on any atom is 0.259 e. The molecule has 0 unspecified atom stereocenters. The molecular weight excluding hydrogens is 330 g/mol. The van der Waals surface area contributed by atoms with Crippen LogP contribution < -0.4 is 5.32 Å². The van der Waals surface area contributed by atoms with Gasteiger partial charge in [0.25, 0.3) is 5.91 Å². The minimum atomic E-state index is -0.665. The third-order valence-electron chi connectivity index (χ3n) is 5.82. The molecular formula is C20H23N3O3. The SMILES string of the molecule is CCC[C@@H]1N(C(=O)c2c(C)noc2C)CC[C@]12C(=O)Nc1ccccc12. The number of fused-ring (bicyclic) bond motifs is 2. The molecule has 1 aromatic heterocycles. The van der Waals surface area contributed by atoms with E-state index < -0.39 is 5.41 Å². The Morgan fingerprint density at radius 2 is 2.15 bits per heavy atom. The van der Waals surface area contributed by atoms with E-state index in [1.165, 1.54) is 0 Å². The average molecular weight is 353 g/mol. The summed E-state index contributed by atoms with van der Waals surface area (Å²) in [5, 5.41) is 6.95. The highest BCUT2D eigenvalue weighted by Crippen LogP contribution is 2.49. The van der Waals surface area contributed by atoms with Crippen molar-refractivity contribution in [3.63, 3.8) is 0 Å². The van der Waals surface area contributed by atoms with Crippen LogP contribution in [0, 0.1) is 13.8 Å². The predicted octanol–water partition coefficient (Wildman–Crippen LogP) is 3.20. The van der Waals surface area contributed by atoms with Gasteiger partial charge in [0.05, 0.1) is 17.2 Å². The summed E-state index contributed by atoms with van der Waals surface area (Å²) < 4.78 is 5.19. The number of nitrogens with one attached hydrogen (secondary N) is 1. The standard InChI is InChI=1S/C20H23N3O3/c1-4-7-16-20(14-8-5-6-9-15(14)21-19(20)25)10-11-23(16)18(24)17-12(2)22-26-13(17)3/h5-6,8-9,16H,4,7,10-11H2,1-3H3,(H,21,25)/t16-,20+/m0/s1. The van der Waals surface area contributed by atoms with Crippen LogP contribution >= 0.6 is 0 Å². The first-order valence-electron chi connectivity index (χ1n) is 9.15. The van der Waals surface area contributed by atoms with E-state index >= 15 is 0 Å². The average Bonchev–Trinajstić information content (AvgIpc) is 3.25. The second-order valence-electron chi connectivity index (χ2n) is 7.22. The smallest absolute Gasteiger partial charge is 0.259 e. The van der Waals surface area contributed by atoms with Crippen molar-refractivity contribution in [2.24, 2.45) is 0 Å². The van der Waals surface area contributed by atoms with Crippen LogP contribution in [0.2, 0.25) is 0 Å². The lowest BCUT2D eigenvalue weighted by Crippen LogP contribution is -2.48. The van der Waals surface area contributed by atoms with Crippen LogP contribution in [0.25, 0.3) is 0 Å². The molecule has 1 aromatic carbocycles. The van der Waals surface area contributed by atoms with E-state index in [1.54, 1.807) is 13.8 Å². The van der Waals surface area contributed by atoms with Gasteiger partial charge in [-0.05, 0) is 38.3 Å². The third-order valence-corrected chi connectivity index (χ3v) is 5.82. The number of amides is 2. The highest BCUT2D eigenvalue weighted by Gasteiger charge is 2.58. The number of carbonyl (C=O) groups excluding carboxylic acids is 2. The molecule has 2 atom stereocenters. The lowest BCUT2D eigenvalue weighted by Gasteiger charge is -2.34.